The van der Waals surface area contributed by atoms with E-state index in [1.54, 1.807) is 40.1 Å². The summed E-state index contributed by atoms with van der Waals surface area (Å²) in [6.45, 7) is 0.741. The maximum Gasteiger partial charge on any atom is 0.248 e. The van der Waals surface area contributed by atoms with Crippen LogP contribution in [0.3, 0.4) is 0 Å². The molecular formula is C24H22N4O3S. The molecular weight excluding hydrogens is 424 g/mol. The topological polar surface area (TPSA) is 93.5 Å². The van der Waals surface area contributed by atoms with Crippen molar-refractivity contribution in [2.24, 2.45) is 0 Å². The molecule has 2 aliphatic heterocycles. The summed E-state index contributed by atoms with van der Waals surface area (Å²) in [5, 5.41) is 11.7. The average Bonchev–Trinajstić information content (AvgIpc) is 3.48. The van der Waals surface area contributed by atoms with Crippen molar-refractivity contribution < 1.29 is 14.4 Å². The standard InChI is InChI=1S/C24H22N4O3S/c25-14-18-3-8-19(9-4-18)26-24(31)21-15-32-16-28(21)23(30)12-7-17-5-10-20(11-6-17)27-13-1-2-22(27)29/h3-12,21H,1-2,13,15-16H2,(H,26,31)/b12-7+. The van der Waals surface area contributed by atoms with Gasteiger partial charge >= 0.3 is 0 Å². The molecule has 1 unspecified atom stereocenters. The molecule has 3 amide bonds. The van der Waals surface area contributed by atoms with E-state index in [4.69, 9.17) is 5.26 Å². The first-order valence-electron chi connectivity index (χ1n) is 10.3. The molecule has 7 nitrogen and oxygen atoms in total. The van der Waals surface area contributed by atoms with E-state index in [0.29, 0.717) is 29.3 Å². The number of hydrogen-bond donors (Lipinski definition) is 1. The van der Waals surface area contributed by atoms with E-state index in [2.05, 4.69) is 5.32 Å². The predicted octanol–water partition coefficient (Wildman–Crippen LogP) is 3.24. The maximum absolute atomic E-state index is 12.7. The van der Waals surface area contributed by atoms with Gasteiger partial charge in [0.05, 0.1) is 17.5 Å². The van der Waals surface area contributed by atoms with Gasteiger partial charge in [0.2, 0.25) is 17.7 Å². The number of rotatable bonds is 5. The Bertz CT molecular complexity index is 1090. The van der Waals surface area contributed by atoms with E-state index < -0.39 is 6.04 Å². The van der Waals surface area contributed by atoms with Gasteiger partial charge in [-0.1, -0.05) is 12.1 Å². The van der Waals surface area contributed by atoms with Gasteiger partial charge in [0.25, 0.3) is 0 Å². The van der Waals surface area contributed by atoms with Gasteiger partial charge in [-0.05, 0) is 54.5 Å². The summed E-state index contributed by atoms with van der Waals surface area (Å²) in [7, 11) is 0. The Hall–Kier alpha value is -3.57. The van der Waals surface area contributed by atoms with Crippen molar-refractivity contribution in [3.05, 3.63) is 65.7 Å². The van der Waals surface area contributed by atoms with Crippen molar-refractivity contribution in [1.29, 1.82) is 5.26 Å². The van der Waals surface area contributed by atoms with Crippen molar-refractivity contribution in [3.8, 4) is 6.07 Å². The smallest absolute Gasteiger partial charge is 0.248 e. The normalized spacial score (nSPS) is 18.2. The van der Waals surface area contributed by atoms with Gasteiger partial charge in [-0.25, -0.2) is 0 Å². The van der Waals surface area contributed by atoms with Crippen LogP contribution in [0.15, 0.2) is 54.6 Å². The fourth-order valence-corrected chi connectivity index (χ4v) is 4.84. The first-order valence-corrected chi connectivity index (χ1v) is 11.5. The summed E-state index contributed by atoms with van der Waals surface area (Å²) in [5.74, 6) is 0.639. The highest BCUT2D eigenvalue weighted by Gasteiger charge is 2.33. The van der Waals surface area contributed by atoms with E-state index >= 15 is 0 Å². The number of hydrogen-bond acceptors (Lipinski definition) is 5. The van der Waals surface area contributed by atoms with Crippen molar-refractivity contribution in [1.82, 2.24) is 4.90 Å². The number of carbonyl (C=O) groups excluding carboxylic acids is 3. The van der Waals surface area contributed by atoms with Crippen molar-refractivity contribution in [2.45, 2.75) is 18.9 Å². The van der Waals surface area contributed by atoms with Crippen LogP contribution in [0, 0.1) is 11.3 Å². The Morgan fingerprint density at radius 3 is 2.53 bits per heavy atom. The van der Waals surface area contributed by atoms with Crippen LogP contribution in [0.2, 0.25) is 0 Å². The highest BCUT2D eigenvalue weighted by molar-refractivity contribution is 7.99. The van der Waals surface area contributed by atoms with Crippen LogP contribution < -0.4 is 10.2 Å². The Kier molecular flexibility index (Phi) is 6.57. The summed E-state index contributed by atoms with van der Waals surface area (Å²) in [5.41, 5.74) is 2.82. The SMILES string of the molecule is N#Cc1ccc(NC(=O)C2CSCN2C(=O)/C=C/c2ccc(N3CCCC3=O)cc2)cc1. The zero-order valence-electron chi connectivity index (χ0n) is 17.4. The third-order valence-corrected chi connectivity index (χ3v) is 6.46. The molecule has 162 valence electrons. The number of carbonyl (C=O) groups is 3. The highest BCUT2D eigenvalue weighted by Crippen LogP contribution is 2.24. The number of nitriles is 1. The molecule has 0 aromatic heterocycles. The molecule has 0 radical (unpaired) electrons. The van der Waals surface area contributed by atoms with Crippen LogP contribution in [-0.2, 0) is 14.4 Å². The molecule has 2 aliphatic rings. The summed E-state index contributed by atoms with van der Waals surface area (Å²) in [6.07, 6.45) is 4.66. The molecule has 0 spiro atoms. The molecule has 2 fully saturated rings. The van der Waals surface area contributed by atoms with E-state index in [1.807, 2.05) is 30.3 Å². The summed E-state index contributed by atoms with van der Waals surface area (Å²) in [6, 6.07) is 15.6. The van der Waals surface area contributed by atoms with Crippen LogP contribution in [-0.4, -0.2) is 46.8 Å². The third kappa shape index (κ3) is 4.84. The molecule has 2 heterocycles. The molecule has 1 atom stereocenters. The van der Waals surface area contributed by atoms with E-state index in [0.717, 1.165) is 24.2 Å². The number of benzene rings is 2. The Morgan fingerprint density at radius 1 is 1.12 bits per heavy atom. The minimum atomic E-state index is -0.559. The van der Waals surface area contributed by atoms with E-state index in [1.165, 1.54) is 17.8 Å². The quantitative estimate of drug-likeness (QED) is 0.712. The lowest BCUT2D eigenvalue weighted by atomic mass is 10.1. The molecule has 8 heteroatoms. The van der Waals surface area contributed by atoms with Crippen LogP contribution >= 0.6 is 11.8 Å². The summed E-state index contributed by atoms with van der Waals surface area (Å²) in [4.78, 5) is 40.6. The average molecular weight is 447 g/mol. The Balaban J connectivity index is 1.37. The second kappa shape index (κ2) is 9.71. The Labute approximate surface area is 190 Å². The van der Waals surface area contributed by atoms with Crippen LogP contribution in [0.1, 0.15) is 24.0 Å². The zero-order chi connectivity index (χ0) is 22.5. The van der Waals surface area contributed by atoms with Crippen LogP contribution in [0.4, 0.5) is 11.4 Å². The zero-order valence-corrected chi connectivity index (χ0v) is 18.2. The lowest BCUT2D eigenvalue weighted by Gasteiger charge is -2.21. The molecule has 0 bridgehead atoms. The molecule has 32 heavy (non-hydrogen) atoms. The second-order valence-corrected chi connectivity index (χ2v) is 8.58. The number of anilines is 2. The van der Waals surface area contributed by atoms with Crippen molar-refractivity contribution in [2.75, 3.05) is 28.4 Å². The number of nitrogens with zero attached hydrogens (tertiary/aromatic N) is 3. The molecule has 1 N–H and O–H groups in total. The fraction of sp³-hybridized carbons (Fsp3) is 0.250. The number of nitrogens with one attached hydrogen (secondary N) is 1. The van der Waals surface area contributed by atoms with Gasteiger partial charge in [0.1, 0.15) is 6.04 Å². The monoisotopic (exact) mass is 446 g/mol. The minimum absolute atomic E-state index is 0.139. The van der Waals surface area contributed by atoms with E-state index in [-0.39, 0.29) is 17.7 Å². The molecule has 0 saturated carbocycles. The van der Waals surface area contributed by atoms with Gasteiger partial charge in [0, 0.05) is 36.2 Å². The number of thioether (sulfide) groups is 1. The van der Waals surface area contributed by atoms with Gasteiger partial charge in [-0.2, -0.15) is 5.26 Å². The largest absolute Gasteiger partial charge is 0.324 e. The first kappa shape index (κ1) is 21.7. The van der Waals surface area contributed by atoms with Crippen LogP contribution in [0.5, 0.6) is 0 Å². The minimum Gasteiger partial charge on any atom is -0.324 e. The van der Waals surface area contributed by atoms with Gasteiger partial charge in [0.15, 0.2) is 0 Å². The maximum atomic E-state index is 12.7. The highest BCUT2D eigenvalue weighted by atomic mass is 32.2. The first-order chi connectivity index (χ1) is 15.5. The third-order valence-electron chi connectivity index (χ3n) is 5.45. The molecule has 2 aromatic carbocycles. The fourth-order valence-electron chi connectivity index (χ4n) is 3.68. The van der Waals surface area contributed by atoms with Crippen LogP contribution in [0.25, 0.3) is 6.08 Å². The van der Waals surface area contributed by atoms with E-state index in [9.17, 15) is 14.4 Å². The van der Waals surface area contributed by atoms with Gasteiger partial charge in [-0.15, -0.1) is 11.8 Å². The van der Waals surface area contributed by atoms with Gasteiger partial charge < -0.3 is 15.1 Å². The number of amides is 3. The van der Waals surface area contributed by atoms with Gasteiger partial charge in [-0.3, -0.25) is 14.4 Å². The lowest BCUT2D eigenvalue weighted by molar-refractivity contribution is -0.132. The summed E-state index contributed by atoms with van der Waals surface area (Å²) >= 11 is 1.53. The molecule has 4 rings (SSSR count). The Morgan fingerprint density at radius 2 is 1.88 bits per heavy atom. The van der Waals surface area contributed by atoms with Crippen molar-refractivity contribution in [3.63, 3.8) is 0 Å². The second-order valence-electron chi connectivity index (χ2n) is 7.58. The molecule has 2 aromatic rings. The molecule has 2 saturated heterocycles. The molecule has 0 aliphatic carbocycles. The summed E-state index contributed by atoms with van der Waals surface area (Å²) < 4.78 is 0. The predicted molar refractivity (Wildman–Crippen MR) is 125 cm³/mol. The van der Waals surface area contributed by atoms with Crippen molar-refractivity contribution >= 4 is 46.9 Å². The lowest BCUT2D eigenvalue weighted by Crippen LogP contribution is -2.43.